The zero-order chi connectivity index (χ0) is 13.1. The summed E-state index contributed by atoms with van der Waals surface area (Å²) < 4.78 is 1.82. The van der Waals surface area contributed by atoms with E-state index in [0.29, 0.717) is 12.1 Å². The molecule has 6 heteroatoms. The molecule has 0 aliphatic heterocycles. The first-order chi connectivity index (χ1) is 8.58. The Kier molecular flexibility index (Phi) is 3.27. The van der Waals surface area contributed by atoms with E-state index < -0.39 is 5.97 Å². The molecule has 0 radical (unpaired) electrons. The van der Waals surface area contributed by atoms with Crippen LogP contribution in [0.4, 0.5) is 5.69 Å². The van der Waals surface area contributed by atoms with Crippen molar-refractivity contribution in [3.05, 3.63) is 41.5 Å². The van der Waals surface area contributed by atoms with E-state index in [9.17, 15) is 4.79 Å². The number of aromatic carboxylic acids is 1. The van der Waals surface area contributed by atoms with Crippen LogP contribution in [0.25, 0.3) is 0 Å². The Morgan fingerprint density at radius 2 is 2.28 bits per heavy atom. The van der Waals surface area contributed by atoms with Gasteiger partial charge in [0.05, 0.1) is 12.1 Å². The Bertz CT molecular complexity index is 577. The molecule has 0 amide bonds. The highest BCUT2D eigenvalue weighted by Crippen LogP contribution is 2.15. The van der Waals surface area contributed by atoms with E-state index in [1.807, 2.05) is 11.6 Å². The molecular formula is C12H14N4O2. The largest absolute Gasteiger partial charge is 0.478 e. The fourth-order valence-electron chi connectivity index (χ4n) is 1.66. The van der Waals surface area contributed by atoms with Crippen molar-refractivity contribution in [2.75, 3.05) is 5.32 Å². The summed E-state index contributed by atoms with van der Waals surface area (Å²) in [5.41, 5.74) is 1.91. The number of carboxylic acid groups (broad SMARTS) is 1. The first-order valence-corrected chi connectivity index (χ1v) is 5.48. The van der Waals surface area contributed by atoms with E-state index >= 15 is 0 Å². The van der Waals surface area contributed by atoms with E-state index in [2.05, 4.69) is 15.5 Å². The Morgan fingerprint density at radius 1 is 1.50 bits per heavy atom. The summed E-state index contributed by atoms with van der Waals surface area (Å²) in [5, 5.41) is 19.8. The van der Waals surface area contributed by atoms with Crippen LogP contribution >= 0.6 is 0 Å². The third-order valence-corrected chi connectivity index (χ3v) is 2.71. The van der Waals surface area contributed by atoms with Crippen molar-refractivity contribution in [1.82, 2.24) is 14.8 Å². The first-order valence-electron chi connectivity index (χ1n) is 5.48. The van der Waals surface area contributed by atoms with Gasteiger partial charge < -0.3 is 15.0 Å². The van der Waals surface area contributed by atoms with Crippen LogP contribution in [0.3, 0.4) is 0 Å². The number of nitrogens with zero attached hydrogens (tertiary/aromatic N) is 3. The molecule has 0 saturated carbocycles. The van der Waals surface area contributed by atoms with Gasteiger partial charge in [0.2, 0.25) is 0 Å². The molecule has 0 unspecified atom stereocenters. The summed E-state index contributed by atoms with van der Waals surface area (Å²) in [6.07, 6.45) is 1.63. The van der Waals surface area contributed by atoms with Crippen molar-refractivity contribution in [2.24, 2.45) is 7.05 Å². The second kappa shape index (κ2) is 4.87. The van der Waals surface area contributed by atoms with Gasteiger partial charge in [-0.2, -0.15) is 0 Å². The third kappa shape index (κ3) is 2.48. The molecule has 2 rings (SSSR count). The lowest BCUT2D eigenvalue weighted by Crippen LogP contribution is -2.06. The van der Waals surface area contributed by atoms with Crippen molar-refractivity contribution < 1.29 is 9.90 Å². The molecule has 1 aromatic carbocycles. The molecular weight excluding hydrogens is 232 g/mol. The van der Waals surface area contributed by atoms with Gasteiger partial charge in [-0.05, 0) is 30.7 Å². The molecule has 2 aromatic rings. The number of carbonyl (C=O) groups is 1. The predicted molar refractivity (Wildman–Crippen MR) is 66.5 cm³/mol. The van der Waals surface area contributed by atoms with Crippen molar-refractivity contribution >= 4 is 11.7 Å². The lowest BCUT2D eigenvalue weighted by atomic mass is 10.1. The standard InChI is InChI=1S/C12H14N4O2/c1-8-5-9(3-4-10(8)12(17)18)13-6-11-15-14-7-16(11)2/h3-5,7,13H,6H2,1-2H3,(H,17,18). The molecule has 0 aliphatic rings. The van der Waals surface area contributed by atoms with Crippen LogP contribution in [-0.4, -0.2) is 25.8 Å². The highest BCUT2D eigenvalue weighted by molar-refractivity contribution is 5.89. The average Bonchev–Trinajstić information content (AvgIpc) is 2.72. The summed E-state index contributed by atoms with van der Waals surface area (Å²) in [6, 6.07) is 5.14. The molecule has 94 valence electrons. The third-order valence-electron chi connectivity index (χ3n) is 2.71. The minimum absolute atomic E-state index is 0.319. The molecule has 0 bridgehead atoms. The maximum atomic E-state index is 10.9. The van der Waals surface area contributed by atoms with Crippen molar-refractivity contribution in [1.29, 1.82) is 0 Å². The predicted octanol–water partition coefficient (Wildman–Crippen LogP) is 1.43. The minimum Gasteiger partial charge on any atom is -0.478 e. The van der Waals surface area contributed by atoms with Crippen molar-refractivity contribution in [2.45, 2.75) is 13.5 Å². The average molecular weight is 246 g/mol. The van der Waals surface area contributed by atoms with Gasteiger partial charge in [0.15, 0.2) is 5.82 Å². The molecule has 18 heavy (non-hydrogen) atoms. The zero-order valence-electron chi connectivity index (χ0n) is 10.2. The number of aromatic nitrogens is 3. The van der Waals surface area contributed by atoms with Gasteiger partial charge in [0.25, 0.3) is 0 Å². The van der Waals surface area contributed by atoms with Crippen LogP contribution in [-0.2, 0) is 13.6 Å². The summed E-state index contributed by atoms with van der Waals surface area (Å²) in [4.78, 5) is 10.9. The van der Waals surface area contributed by atoms with Crippen LogP contribution in [0.5, 0.6) is 0 Å². The van der Waals surface area contributed by atoms with Gasteiger partial charge in [-0.1, -0.05) is 0 Å². The second-order valence-corrected chi connectivity index (χ2v) is 4.05. The molecule has 0 saturated heterocycles. The first kappa shape index (κ1) is 12.1. The van der Waals surface area contributed by atoms with Crippen molar-refractivity contribution in [3.63, 3.8) is 0 Å². The molecule has 0 aliphatic carbocycles. The number of anilines is 1. The van der Waals surface area contributed by atoms with Gasteiger partial charge in [-0.3, -0.25) is 0 Å². The summed E-state index contributed by atoms with van der Waals surface area (Å²) >= 11 is 0. The molecule has 1 heterocycles. The minimum atomic E-state index is -0.910. The van der Waals surface area contributed by atoms with Crippen molar-refractivity contribution in [3.8, 4) is 0 Å². The van der Waals surface area contributed by atoms with Crippen LogP contribution in [0.2, 0.25) is 0 Å². The van der Waals surface area contributed by atoms with E-state index in [0.717, 1.165) is 17.1 Å². The molecule has 1 aromatic heterocycles. The van der Waals surface area contributed by atoms with Crippen LogP contribution in [0.1, 0.15) is 21.7 Å². The summed E-state index contributed by atoms with van der Waals surface area (Å²) in [5.74, 6) is -0.0951. The van der Waals surface area contributed by atoms with Gasteiger partial charge in [0.1, 0.15) is 6.33 Å². The van der Waals surface area contributed by atoms with Crippen LogP contribution < -0.4 is 5.32 Å². The fraction of sp³-hybridized carbons (Fsp3) is 0.250. The molecule has 2 N–H and O–H groups in total. The van der Waals surface area contributed by atoms with Gasteiger partial charge >= 0.3 is 5.97 Å². The van der Waals surface area contributed by atoms with Gasteiger partial charge in [-0.15, -0.1) is 10.2 Å². The Labute approximate surface area is 104 Å². The van der Waals surface area contributed by atoms with E-state index in [-0.39, 0.29) is 0 Å². The van der Waals surface area contributed by atoms with E-state index in [4.69, 9.17) is 5.11 Å². The maximum absolute atomic E-state index is 10.9. The highest BCUT2D eigenvalue weighted by atomic mass is 16.4. The van der Waals surface area contributed by atoms with Crippen LogP contribution in [0, 0.1) is 6.92 Å². The SMILES string of the molecule is Cc1cc(NCc2nncn2C)ccc1C(=O)O. The highest BCUT2D eigenvalue weighted by Gasteiger charge is 2.07. The molecule has 0 fully saturated rings. The number of hydrogen-bond donors (Lipinski definition) is 2. The zero-order valence-corrected chi connectivity index (χ0v) is 10.2. The number of nitrogens with one attached hydrogen (secondary N) is 1. The number of aryl methyl sites for hydroxylation is 2. The molecule has 0 atom stereocenters. The fourth-order valence-corrected chi connectivity index (χ4v) is 1.66. The van der Waals surface area contributed by atoms with E-state index in [1.54, 1.807) is 31.5 Å². The lowest BCUT2D eigenvalue weighted by molar-refractivity contribution is 0.0696. The topological polar surface area (TPSA) is 80.0 Å². The van der Waals surface area contributed by atoms with Gasteiger partial charge in [-0.25, -0.2) is 4.79 Å². The Hall–Kier alpha value is -2.37. The van der Waals surface area contributed by atoms with Gasteiger partial charge in [0, 0.05) is 12.7 Å². The number of carboxylic acids is 1. The smallest absolute Gasteiger partial charge is 0.335 e. The Balaban J connectivity index is 2.09. The number of hydrogen-bond acceptors (Lipinski definition) is 4. The Morgan fingerprint density at radius 3 is 2.83 bits per heavy atom. The molecule has 6 nitrogen and oxygen atoms in total. The number of benzene rings is 1. The molecule has 0 spiro atoms. The summed E-state index contributed by atoms with van der Waals surface area (Å²) in [7, 11) is 1.87. The second-order valence-electron chi connectivity index (χ2n) is 4.05. The quantitative estimate of drug-likeness (QED) is 0.853. The summed E-state index contributed by atoms with van der Waals surface area (Å²) in [6.45, 7) is 2.32. The van der Waals surface area contributed by atoms with Crippen LogP contribution in [0.15, 0.2) is 24.5 Å². The monoisotopic (exact) mass is 246 g/mol. The maximum Gasteiger partial charge on any atom is 0.335 e. The number of rotatable bonds is 4. The normalized spacial score (nSPS) is 10.3. The van der Waals surface area contributed by atoms with E-state index in [1.165, 1.54) is 0 Å². The lowest BCUT2D eigenvalue weighted by Gasteiger charge is -2.08.